The third-order valence-electron chi connectivity index (χ3n) is 7.00. The van der Waals surface area contributed by atoms with Crippen molar-refractivity contribution >= 4 is 27.5 Å². The molecule has 0 unspecified atom stereocenters. The van der Waals surface area contributed by atoms with E-state index in [9.17, 15) is 18.0 Å². The Kier molecular flexibility index (Phi) is 8.41. The van der Waals surface area contributed by atoms with Crippen LogP contribution in [0.25, 0.3) is 0 Å². The molecule has 0 spiro atoms. The lowest BCUT2D eigenvalue weighted by atomic mass is 9.81. The number of nitrogens with zero attached hydrogens (tertiary/aromatic N) is 2. The number of nitrogens with one attached hydrogen (secondary N) is 2. The molecule has 2 aliphatic rings. The predicted octanol–water partition coefficient (Wildman–Crippen LogP) is 2.24. The average Bonchev–Trinajstić information content (AvgIpc) is 2.92. The van der Waals surface area contributed by atoms with Gasteiger partial charge in [-0.25, -0.2) is 13.1 Å². The van der Waals surface area contributed by atoms with Crippen molar-refractivity contribution in [1.29, 1.82) is 0 Å². The summed E-state index contributed by atoms with van der Waals surface area (Å²) in [5, 5.41) is 2.83. The summed E-state index contributed by atoms with van der Waals surface area (Å²) in [7, 11) is -3.51. The largest absolute Gasteiger partial charge is 0.368 e. The highest BCUT2D eigenvalue weighted by atomic mass is 32.2. The number of piperazine rings is 1. The van der Waals surface area contributed by atoms with Crippen LogP contribution in [0.4, 0.5) is 5.69 Å². The molecule has 1 heterocycles. The molecule has 2 aromatic carbocycles. The molecular formula is C26H34N4O4S. The van der Waals surface area contributed by atoms with Gasteiger partial charge in [-0.3, -0.25) is 9.59 Å². The van der Waals surface area contributed by atoms with E-state index in [0.717, 1.165) is 31.6 Å². The van der Waals surface area contributed by atoms with Gasteiger partial charge in [-0.15, -0.1) is 0 Å². The number of hydrogen-bond donors (Lipinski definition) is 2. The molecule has 1 aliphatic heterocycles. The van der Waals surface area contributed by atoms with Gasteiger partial charge in [0.15, 0.2) is 0 Å². The number of benzene rings is 2. The van der Waals surface area contributed by atoms with Gasteiger partial charge in [0.1, 0.15) is 0 Å². The average molecular weight is 499 g/mol. The quantitative estimate of drug-likeness (QED) is 0.582. The molecule has 8 nitrogen and oxygen atoms in total. The zero-order chi connectivity index (χ0) is 24.7. The maximum Gasteiger partial charge on any atom is 0.242 e. The number of hydrogen-bond acceptors (Lipinski definition) is 5. The SMILES string of the molecule is O=C(NCC(=O)N1CCN(c2ccccc2)CC1)C1CCC(CNS(=O)(=O)c2ccccc2)CC1. The van der Waals surface area contributed by atoms with Crippen molar-refractivity contribution in [2.75, 3.05) is 44.2 Å². The van der Waals surface area contributed by atoms with Gasteiger partial charge in [0, 0.05) is 44.3 Å². The fourth-order valence-electron chi connectivity index (χ4n) is 4.81. The Labute approximate surface area is 207 Å². The molecule has 2 amide bonds. The third-order valence-corrected chi connectivity index (χ3v) is 8.44. The Morgan fingerprint density at radius 1 is 0.829 bits per heavy atom. The first-order valence-electron chi connectivity index (χ1n) is 12.3. The summed E-state index contributed by atoms with van der Waals surface area (Å²) in [5.41, 5.74) is 1.16. The lowest BCUT2D eigenvalue weighted by Crippen LogP contribution is -2.51. The second-order valence-corrected chi connectivity index (χ2v) is 11.1. The zero-order valence-corrected chi connectivity index (χ0v) is 20.8. The van der Waals surface area contributed by atoms with E-state index in [1.807, 2.05) is 23.1 Å². The molecule has 1 saturated heterocycles. The van der Waals surface area contributed by atoms with Gasteiger partial charge < -0.3 is 15.1 Å². The number of para-hydroxylation sites is 1. The lowest BCUT2D eigenvalue weighted by molar-refractivity contribution is -0.134. The summed E-state index contributed by atoms with van der Waals surface area (Å²) in [5.74, 6) is -0.0422. The number of rotatable bonds is 8. The monoisotopic (exact) mass is 498 g/mol. The highest BCUT2D eigenvalue weighted by Crippen LogP contribution is 2.29. The van der Waals surface area contributed by atoms with Crippen LogP contribution >= 0.6 is 0 Å². The van der Waals surface area contributed by atoms with Gasteiger partial charge in [0.25, 0.3) is 0 Å². The molecule has 2 aromatic rings. The molecule has 4 rings (SSSR count). The van der Waals surface area contributed by atoms with Crippen LogP contribution in [0.1, 0.15) is 25.7 Å². The normalized spacial score (nSPS) is 20.9. The van der Waals surface area contributed by atoms with E-state index >= 15 is 0 Å². The molecule has 0 atom stereocenters. The summed E-state index contributed by atoms with van der Waals surface area (Å²) in [6.45, 7) is 3.25. The van der Waals surface area contributed by atoms with E-state index in [1.165, 1.54) is 0 Å². The number of sulfonamides is 1. The van der Waals surface area contributed by atoms with Crippen molar-refractivity contribution in [3.8, 4) is 0 Å². The second-order valence-electron chi connectivity index (χ2n) is 9.30. The molecule has 0 radical (unpaired) electrons. The van der Waals surface area contributed by atoms with Crippen molar-refractivity contribution in [1.82, 2.24) is 14.9 Å². The minimum atomic E-state index is -3.51. The molecular weight excluding hydrogens is 464 g/mol. The van der Waals surface area contributed by atoms with Crippen LogP contribution in [0.2, 0.25) is 0 Å². The van der Waals surface area contributed by atoms with Crippen LogP contribution in [0.5, 0.6) is 0 Å². The van der Waals surface area contributed by atoms with Crippen LogP contribution in [0.3, 0.4) is 0 Å². The van der Waals surface area contributed by atoms with Crippen LogP contribution in [0.15, 0.2) is 65.6 Å². The van der Waals surface area contributed by atoms with E-state index in [-0.39, 0.29) is 35.1 Å². The molecule has 1 saturated carbocycles. The first kappa shape index (κ1) is 25.2. The minimum absolute atomic E-state index is 0.0287. The first-order valence-corrected chi connectivity index (χ1v) is 13.8. The standard InChI is InChI=1S/C26H34N4O4S/c31-25(30-17-15-29(16-18-30)23-7-3-1-4-8-23)20-27-26(32)22-13-11-21(12-14-22)19-28-35(33,34)24-9-5-2-6-10-24/h1-10,21-22,28H,11-20H2,(H,27,32). The maximum absolute atomic E-state index is 12.6. The number of anilines is 1. The van der Waals surface area contributed by atoms with Gasteiger partial charge in [0.2, 0.25) is 21.8 Å². The Morgan fingerprint density at radius 2 is 1.43 bits per heavy atom. The van der Waals surface area contributed by atoms with Crippen molar-refractivity contribution in [2.45, 2.75) is 30.6 Å². The summed E-state index contributed by atoms with van der Waals surface area (Å²) in [6, 6.07) is 18.5. The number of carbonyl (C=O) groups is 2. The van der Waals surface area contributed by atoms with Gasteiger partial charge in [-0.05, 0) is 55.9 Å². The van der Waals surface area contributed by atoms with E-state index < -0.39 is 10.0 Å². The fraction of sp³-hybridized carbons (Fsp3) is 0.462. The fourth-order valence-corrected chi connectivity index (χ4v) is 5.95. The highest BCUT2D eigenvalue weighted by Gasteiger charge is 2.28. The zero-order valence-electron chi connectivity index (χ0n) is 19.9. The Balaban J connectivity index is 1.14. The molecule has 2 fully saturated rings. The van der Waals surface area contributed by atoms with Crippen LogP contribution in [-0.4, -0.2) is 64.4 Å². The third kappa shape index (κ3) is 6.82. The maximum atomic E-state index is 12.6. The summed E-state index contributed by atoms with van der Waals surface area (Å²) < 4.78 is 27.5. The molecule has 9 heteroatoms. The van der Waals surface area contributed by atoms with Crippen LogP contribution in [-0.2, 0) is 19.6 Å². The second kappa shape index (κ2) is 11.7. The predicted molar refractivity (Wildman–Crippen MR) is 135 cm³/mol. The van der Waals surface area contributed by atoms with Crippen molar-refractivity contribution < 1.29 is 18.0 Å². The minimum Gasteiger partial charge on any atom is -0.368 e. The van der Waals surface area contributed by atoms with Gasteiger partial charge >= 0.3 is 0 Å². The van der Waals surface area contributed by atoms with Crippen LogP contribution < -0.4 is 14.9 Å². The van der Waals surface area contributed by atoms with Crippen molar-refractivity contribution in [3.63, 3.8) is 0 Å². The Hall–Kier alpha value is -2.91. The topological polar surface area (TPSA) is 98.8 Å². The number of amides is 2. The van der Waals surface area contributed by atoms with Crippen LogP contribution in [0, 0.1) is 11.8 Å². The first-order chi connectivity index (χ1) is 16.9. The van der Waals surface area contributed by atoms with Crippen molar-refractivity contribution in [3.05, 3.63) is 60.7 Å². The van der Waals surface area contributed by atoms with E-state index in [2.05, 4.69) is 27.1 Å². The number of carbonyl (C=O) groups excluding carboxylic acids is 2. The van der Waals surface area contributed by atoms with Crippen molar-refractivity contribution in [2.24, 2.45) is 11.8 Å². The van der Waals surface area contributed by atoms with Gasteiger partial charge in [-0.2, -0.15) is 0 Å². The molecule has 0 aromatic heterocycles. The van der Waals surface area contributed by atoms with Gasteiger partial charge in [0.05, 0.1) is 11.4 Å². The summed E-state index contributed by atoms with van der Waals surface area (Å²) >= 11 is 0. The lowest BCUT2D eigenvalue weighted by Gasteiger charge is -2.36. The molecule has 0 bridgehead atoms. The van der Waals surface area contributed by atoms with E-state index in [0.29, 0.717) is 32.5 Å². The molecule has 2 N–H and O–H groups in total. The highest BCUT2D eigenvalue weighted by molar-refractivity contribution is 7.89. The molecule has 35 heavy (non-hydrogen) atoms. The molecule has 188 valence electrons. The summed E-state index contributed by atoms with van der Waals surface area (Å²) in [6.07, 6.45) is 2.97. The summed E-state index contributed by atoms with van der Waals surface area (Å²) in [4.78, 5) is 29.6. The van der Waals surface area contributed by atoms with Gasteiger partial charge in [-0.1, -0.05) is 36.4 Å². The Morgan fingerprint density at radius 3 is 2.06 bits per heavy atom. The molecule has 1 aliphatic carbocycles. The van der Waals surface area contributed by atoms with E-state index in [4.69, 9.17) is 0 Å². The van der Waals surface area contributed by atoms with E-state index in [1.54, 1.807) is 30.3 Å². The Bertz CT molecular complexity index is 1080. The smallest absolute Gasteiger partial charge is 0.242 e.